The number of hydrogen-bond acceptors (Lipinski definition) is 5. The molecule has 0 spiro atoms. The highest BCUT2D eigenvalue weighted by Crippen LogP contribution is 2.32. The molecule has 5 nitrogen and oxygen atoms in total. The number of carbonyl (C=O) groups excluding carboxylic acids is 3. The molecule has 0 aliphatic carbocycles. The average Bonchev–Trinajstić information content (AvgIpc) is 3.34. The second-order valence-corrected chi connectivity index (χ2v) is 11.4. The van der Waals surface area contributed by atoms with Gasteiger partial charge in [-0.15, -0.1) is 11.8 Å². The summed E-state index contributed by atoms with van der Waals surface area (Å²) < 4.78 is 45.1. The summed E-state index contributed by atoms with van der Waals surface area (Å²) in [6.45, 7) is 4.58. The summed E-state index contributed by atoms with van der Waals surface area (Å²) in [5.74, 6) is -2.72. The Labute approximate surface area is 256 Å². The molecule has 1 aromatic heterocycles. The van der Waals surface area contributed by atoms with Gasteiger partial charge in [0.05, 0.1) is 0 Å². The molecule has 0 aliphatic heterocycles. The number of Topliss-reactive ketones (excluding diaryl/α,β-unsaturated/α-hetero) is 1. The lowest BCUT2D eigenvalue weighted by molar-refractivity contribution is -0.193. The third-order valence-corrected chi connectivity index (χ3v) is 8.25. The van der Waals surface area contributed by atoms with E-state index in [0.29, 0.717) is 29.7 Å². The van der Waals surface area contributed by atoms with Crippen molar-refractivity contribution in [3.63, 3.8) is 0 Å². The Hall–Kier alpha value is -4.63. The van der Waals surface area contributed by atoms with E-state index in [2.05, 4.69) is 9.30 Å². The van der Waals surface area contributed by atoms with Crippen LogP contribution in [0.4, 0.5) is 13.2 Å². The Morgan fingerprint density at radius 3 is 2.05 bits per heavy atom. The van der Waals surface area contributed by atoms with Gasteiger partial charge in [-0.2, -0.15) is 13.2 Å². The number of thioether (sulfide) groups is 1. The van der Waals surface area contributed by atoms with Crippen molar-refractivity contribution >= 4 is 51.1 Å². The van der Waals surface area contributed by atoms with Gasteiger partial charge in [0.2, 0.25) is 0 Å². The molecular formula is C35H28F3NO4S. The fourth-order valence-corrected chi connectivity index (χ4v) is 5.89. The molecule has 224 valence electrons. The van der Waals surface area contributed by atoms with Crippen molar-refractivity contribution < 1.29 is 32.3 Å². The van der Waals surface area contributed by atoms with E-state index in [1.54, 1.807) is 54.6 Å². The first kappa shape index (κ1) is 30.8. The predicted octanol–water partition coefficient (Wildman–Crippen LogP) is 8.71. The highest BCUT2D eigenvalue weighted by molar-refractivity contribution is 7.99. The summed E-state index contributed by atoms with van der Waals surface area (Å²) in [6, 6.07) is 27.2. The predicted molar refractivity (Wildman–Crippen MR) is 166 cm³/mol. The molecule has 0 bridgehead atoms. The molecule has 0 amide bonds. The largest absolute Gasteiger partial charge is 0.491 e. The van der Waals surface area contributed by atoms with Crippen molar-refractivity contribution in [3.8, 4) is 0 Å². The first-order valence-electron chi connectivity index (χ1n) is 13.9. The highest BCUT2D eigenvalue weighted by Gasteiger charge is 2.41. The van der Waals surface area contributed by atoms with E-state index in [1.165, 1.54) is 11.8 Å². The minimum absolute atomic E-state index is 0.0625. The monoisotopic (exact) mass is 615 g/mol. The molecule has 4 aromatic carbocycles. The molecule has 0 unspecified atom stereocenters. The van der Waals surface area contributed by atoms with Gasteiger partial charge in [-0.3, -0.25) is 9.59 Å². The fourth-order valence-electron chi connectivity index (χ4n) is 5.00. The van der Waals surface area contributed by atoms with Crippen LogP contribution in [0.5, 0.6) is 0 Å². The third-order valence-electron chi connectivity index (χ3n) is 7.23. The van der Waals surface area contributed by atoms with Crippen molar-refractivity contribution in [3.05, 3.63) is 125 Å². The number of halogens is 3. The smallest absolute Gasteiger partial charge is 0.427 e. The lowest BCUT2D eigenvalue weighted by Gasteiger charge is -2.09. The zero-order chi connectivity index (χ0) is 31.4. The zero-order valence-corrected chi connectivity index (χ0v) is 24.8. The van der Waals surface area contributed by atoms with Gasteiger partial charge in [0, 0.05) is 61.3 Å². The summed E-state index contributed by atoms with van der Waals surface area (Å²) in [6.07, 6.45) is -4.52. The van der Waals surface area contributed by atoms with Gasteiger partial charge in [-0.1, -0.05) is 48.0 Å². The number of carbonyl (C=O) groups is 3. The summed E-state index contributed by atoms with van der Waals surface area (Å²) in [4.78, 5) is 39.3. The molecule has 0 aliphatic rings. The normalized spacial score (nSPS) is 12.1. The van der Waals surface area contributed by atoms with Crippen LogP contribution in [0.2, 0.25) is 0 Å². The number of alkyl halides is 3. The van der Waals surface area contributed by atoms with Crippen molar-refractivity contribution in [2.45, 2.75) is 37.9 Å². The second-order valence-electron chi connectivity index (χ2n) is 10.2. The SMILES string of the molecule is CCn1c2ccc(C(=O)/C(=C/OC(=O)C(F)(F)F)CCSc3ccc(C)cc3)cc2c2cc(C(=O)c3ccccc3)ccc21. The molecule has 1 heterocycles. The quantitative estimate of drug-likeness (QED) is 0.0517. The number of fused-ring (bicyclic) bond motifs is 3. The number of ketones is 2. The summed E-state index contributed by atoms with van der Waals surface area (Å²) >= 11 is 1.43. The molecule has 0 saturated carbocycles. The van der Waals surface area contributed by atoms with Gasteiger partial charge in [-0.25, -0.2) is 4.79 Å². The Balaban J connectivity index is 1.50. The minimum atomic E-state index is -5.20. The summed E-state index contributed by atoms with van der Waals surface area (Å²) in [7, 11) is 0. The van der Waals surface area contributed by atoms with E-state index in [0.717, 1.165) is 32.3 Å². The lowest BCUT2D eigenvalue weighted by atomic mass is 9.98. The molecule has 9 heteroatoms. The number of benzene rings is 4. The first-order valence-corrected chi connectivity index (χ1v) is 14.9. The molecular weight excluding hydrogens is 587 g/mol. The zero-order valence-electron chi connectivity index (χ0n) is 24.0. The first-order chi connectivity index (χ1) is 21.1. The van der Waals surface area contributed by atoms with E-state index in [-0.39, 0.29) is 23.3 Å². The van der Waals surface area contributed by atoms with E-state index in [9.17, 15) is 27.6 Å². The van der Waals surface area contributed by atoms with E-state index < -0.39 is 17.9 Å². The van der Waals surface area contributed by atoms with Gasteiger partial charge in [0.15, 0.2) is 11.6 Å². The van der Waals surface area contributed by atoms with Crippen molar-refractivity contribution in [2.24, 2.45) is 0 Å². The van der Waals surface area contributed by atoms with E-state index in [4.69, 9.17) is 0 Å². The number of aryl methyl sites for hydroxylation is 2. The van der Waals surface area contributed by atoms with E-state index >= 15 is 0 Å². The van der Waals surface area contributed by atoms with Gasteiger partial charge in [-0.05, 0) is 68.8 Å². The van der Waals surface area contributed by atoms with Crippen LogP contribution in [0, 0.1) is 6.92 Å². The molecule has 0 radical (unpaired) electrons. The second kappa shape index (κ2) is 12.9. The van der Waals surface area contributed by atoms with Crippen molar-refractivity contribution in [2.75, 3.05) is 5.75 Å². The van der Waals surface area contributed by atoms with Crippen LogP contribution in [0.25, 0.3) is 21.8 Å². The van der Waals surface area contributed by atoms with Crippen LogP contribution in [0.3, 0.4) is 0 Å². The standard InChI is InChI=1S/C35H28F3NO4S/c1-3-39-30-15-11-24(32(40)23-7-5-4-6-8-23)19-28(30)29-20-25(12-16-31(29)39)33(41)26(21-43-34(42)35(36,37)38)17-18-44-27-13-9-22(2)10-14-27/h4-16,19-21H,3,17-18H2,1-2H3/b26-21+. The molecule has 5 aromatic rings. The number of esters is 1. The number of rotatable bonds is 10. The van der Waals surface area contributed by atoms with Crippen molar-refractivity contribution in [1.29, 1.82) is 0 Å². The van der Waals surface area contributed by atoms with Gasteiger partial charge >= 0.3 is 12.1 Å². The van der Waals surface area contributed by atoms with Crippen LogP contribution in [0.1, 0.15) is 45.2 Å². The Morgan fingerprint density at radius 1 is 0.818 bits per heavy atom. The summed E-state index contributed by atoms with van der Waals surface area (Å²) in [5.41, 5.74) is 3.99. The maximum Gasteiger partial charge on any atom is 0.491 e. The van der Waals surface area contributed by atoms with Crippen molar-refractivity contribution in [1.82, 2.24) is 4.57 Å². The summed E-state index contributed by atoms with van der Waals surface area (Å²) in [5, 5.41) is 1.48. The van der Waals surface area contributed by atoms with E-state index in [1.807, 2.05) is 50.2 Å². The molecule has 0 saturated heterocycles. The number of ether oxygens (including phenoxy) is 1. The molecule has 44 heavy (non-hydrogen) atoms. The highest BCUT2D eigenvalue weighted by atomic mass is 32.2. The minimum Gasteiger partial charge on any atom is -0.427 e. The van der Waals surface area contributed by atoms with Crippen LogP contribution in [-0.2, 0) is 16.1 Å². The molecule has 0 fully saturated rings. The van der Waals surface area contributed by atoms with Crippen LogP contribution in [0.15, 0.2) is 108 Å². The van der Waals surface area contributed by atoms with Gasteiger partial charge in [0.1, 0.15) is 6.26 Å². The number of allylic oxidation sites excluding steroid dienone is 1. The average molecular weight is 616 g/mol. The topological polar surface area (TPSA) is 65.4 Å². The Morgan fingerprint density at radius 2 is 1.43 bits per heavy atom. The number of aromatic nitrogens is 1. The van der Waals surface area contributed by atoms with Crippen LogP contribution >= 0.6 is 11.8 Å². The van der Waals surface area contributed by atoms with Crippen LogP contribution in [-0.4, -0.2) is 34.0 Å². The van der Waals surface area contributed by atoms with Gasteiger partial charge in [0.25, 0.3) is 0 Å². The van der Waals surface area contributed by atoms with Gasteiger partial charge < -0.3 is 9.30 Å². The molecule has 0 atom stereocenters. The number of hydrogen-bond donors (Lipinski definition) is 0. The fraction of sp³-hybridized carbons (Fsp3) is 0.171. The third kappa shape index (κ3) is 6.63. The Kier molecular flexibility index (Phi) is 9.06. The van der Waals surface area contributed by atoms with Crippen LogP contribution < -0.4 is 0 Å². The molecule has 0 N–H and O–H groups in total. The Bertz CT molecular complexity index is 1890. The maximum atomic E-state index is 13.7. The lowest BCUT2D eigenvalue weighted by Crippen LogP contribution is -2.24. The number of nitrogens with zero attached hydrogens (tertiary/aromatic N) is 1. The molecule has 5 rings (SSSR count). The maximum absolute atomic E-state index is 13.7.